The van der Waals surface area contributed by atoms with Crippen molar-refractivity contribution >= 4 is 0 Å². The molecule has 1 heteroatoms. The molecule has 2 N–H and O–H groups in total. The van der Waals surface area contributed by atoms with Crippen LogP contribution in [0.2, 0.25) is 0 Å². The Kier molecular flexibility index (Phi) is 3.19. The molecule has 0 saturated heterocycles. The Bertz CT molecular complexity index is 421. The molecule has 2 atom stereocenters. The van der Waals surface area contributed by atoms with Gasteiger partial charge in [0.2, 0.25) is 0 Å². The number of aryl methyl sites for hydroxylation is 1. The van der Waals surface area contributed by atoms with Crippen LogP contribution in [-0.4, -0.2) is 5.54 Å². The summed E-state index contributed by atoms with van der Waals surface area (Å²) in [6.07, 6.45) is 9.23. The summed E-state index contributed by atoms with van der Waals surface area (Å²) in [5.74, 6) is 1.94. The summed E-state index contributed by atoms with van der Waals surface area (Å²) >= 11 is 0. The number of hydrogen-bond acceptors (Lipinski definition) is 1. The Balaban J connectivity index is 1.72. The predicted octanol–water partition coefficient (Wildman–Crippen LogP) is 3.84. The van der Waals surface area contributed by atoms with E-state index in [0.29, 0.717) is 0 Å². The van der Waals surface area contributed by atoms with Crippen LogP contribution in [0, 0.1) is 18.8 Å². The van der Waals surface area contributed by atoms with Crippen molar-refractivity contribution in [3.8, 4) is 0 Å². The molecule has 0 spiro atoms. The fraction of sp³-hybridized carbons (Fsp3) is 0.647. The zero-order valence-electron chi connectivity index (χ0n) is 11.5. The molecule has 3 rings (SSSR count). The summed E-state index contributed by atoms with van der Waals surface area (Å²) in [5.41, 5.74) is 9.64. The third-order valence-electron chi connectivity index (χ3n) is 5.01. The monoisotopic (exact) mass is 243 g/mol. The second-order valence-corrected chi connectivity index (χ2v) is 6.66. The Morgan fingerprint density at radius 2 is 1.94 bits per heavy atom. The van der Waals surface area contributed by atoms with Crippen LogP contribution in [0.3, 0.4) is 0 Å². The van der Waals surface area contributed by atoms with Gasteiger partial charge in [-0.25, -0.2) is 0 Å². The third kappa shape index (κ3) is 2.61. The fourth-order valence-corrected chi connectivity index (χ4v) is 3.76. The molecular formula is C17H25N. The molecule has 0 aliphatic heterocycles. The van der Waals surface area contributed by atoms with Crippen molar-refractivity contribution in [3.05, 3.63) is 35.4 Å². The van der Waals surface area contributed by atoms with E-state index in [1.54, 1.807) is 0 Å². The van der Waals surface area contributed by atoms with E-state index < -0.39 is 0 Å². The first-order valence-electron chi connectivity index (χ1n) is 7.50. The van der Waals surface area contributed by atoms with Crippen LogP contribution in [0.1, 0.15) is 49.7 Å². The minimum Gasteiger partial charge on any atom is -0.325 e. The van der Waals surface area contributed by atoms with Crippen molar-refractivity contribution in [2.75, 3.05) is 0 Å². The number of rotatable bonds is 3. The molecule has 0 amide bonds. The van der Waals surface area contributed by atoms with Gasteiger partial charge in [-0.1, -0.05) is 37.1 Å². The van der Waals surface area contributed by atoms with E-state index >= 15 is 0 Å². The predicted molar refractivity (Wildman–Crippen MR) is 76.5 cm³/mol. The first kappa shape index (κ1) is 12.2. The highest BCUT2D eigenvalue weighted by atomic mass is 14.8. The molecule has 1 aromatic carbocycles. The van der Waals surface area contributed by atoms with E-state index in [1.807, 2.05) is 0 Å². The van der Waals surface area contributed by atoms with Gasteiger partial charge in [0.15, 0.2) is 0 Å². The van der Waals surface area contributed by atoms with E-state index in [1.165, 1.54) is 49.7 Å². The molecule has 2 fully saturated rings. The van der Waals surface area contributed by atoms with Crippen molar-refractivity contribution in [1.82, 2.24) is 0 Å². The van der Waals surface area contributed by atoms with Crippen LogP contribution in [0.4, 0.5) is 0 Å². The topological polar surface area (TPSA) is 26.0 Å². The van der Waals surface area contributed by atoms with Crippen molar-refractivity contribution in [2.45, 2.75) is 57.4 Å². The van der Waals surface area contributed by atoms with Crippen LogP contribution in [0.25, 0.3) is 0 Å². The minimum absolute atomic E-state index is 0.0671. The maximum atomic E-state index is 6.72. The number of benzene rings is 1. The van der Waals surface area contributed by atoms with E-state index in [2.05, 4.69) is 31.2 Å². The normalized spacial score (nSPS) is 32.4. The van der Waals surface area contributed by atoms with Crippen LogP contribution in [0.5, 0.6) is 0 Å². The maximum absolute atomic E-state index is 6.72. The van der Waals surface area contributed by atoms with Gasteiger partial charge in [-0.05, 0) is 62.0 Å². The van der Waals surface area contributed by atoms with Gasteiger partial charge in [-0.15, -0.1) is 0 Å². The van der Waals surface area contributed by atoms with E-state index in [9.17, 15) is 0 Å². The molecule has 2 aliphatic rings. The lowest BCUT2D eigenvalue weighted by Crippen LogP contribution is -2.46. The van der Waals surface area contributed by atoms with Crippen LogP contribution >= 0.6 is 0 Å². The quantitative estimate of drug-likeness (QED) is 0.857. The van der Waals surface area contributed by atoms with Crippen molar-refractivity contribution in [3.63, 3.8) is 0 Å². The van der Waals surface area contributed by atoms with Gasteiger partial charge < -0.3 is 5.73 Å². The van der Waals surface area contributed by atoms with Gasteiger partial charge in [-0.3, -0.25) is 0 Å². The molecule has 0 aromatic heterocycles. The highest BCUT2D eigenvalue weighted by Gasteiger charge is 2.39. The molecule has 98 valence electrons. The van der Waals surface area contributed by atoms with Crippen LogP contribution < -0.4 is 5.73 Å². The summed E-state index contributed by atoms with van der Waals surface area (Å²) in [4.78, 5) is 0. The molecular weight excluding hydrogens is 218 g/mol. The summed E-state index contributed by atoms with van der Waals surface area (Å²) in [7, 11) is 0. The molecule has 0 bridgehead atoms. The largest absolute Gasteiger partial charge is 0.325 e. The maximum Gasteiger partial charge on any atom is 0.0197 e. The third-order valence-corrected chi connectivity index (χ3v) is 5.01. The number of hydrogen-bond donors (Lipinski definition) is 1. The standard InChI is InChI=1S/C17H25N/c1-13-5-2-3-6-15(13)11-17(18)10-4-7-16(12-17)14-8-9-14/h2-3,5-6,14,16H,4,7-12,18H2,1H3. The smallest absolute Gasteiger partial charge is 0.0197 e. The van der Waals surface area contributed by atoms with Crippen molar-refractivity contribution in [2.24, 2.45) is 17.6 Å². The Morgan fingerprint density at radius 3 is 2.67 bits per heavy atom. The Labute approximate surface area is 111 Å². The zero-order chi connectivity index (χ0) is 12.6. The van der Waals surface area contributed by atoms with Gasteiger partial charge in [0.05, 0.1) is 0 Å². The highest BCUT2D eigenvalue weighted by Crippen LogP contribution is 2.46. The van der Waals surface area contributed by atoms with E-state index in [4.69, 9.17) is 5.73 Å². The minimum atomic E-state index is 0.0671. The van der Waals surface area contributed by atoms with Gasteiger partial charge in [0, 0.05) is 5.54 Å². The average Bonchev–Trinajstić information content (AvgIpc) is 3.16. The lowest BCUT2D eigenvalue weighted by molar-refractivity contribution is 0.204. The molecule has 0 heterocycles. The average molecular weight is 243 g/mol. The zero-order valence-corrected chi connectivity index (χ0v) is 11.5. The second kappa shape index (κ2) is 4.70. The second-order valence-electron chi connectivity index (χ2n) is 6.66. The Hall–Kier alpha value is -0.820. The van der Waals surface area contributed by atoms with Crippen LogP contribution in [0.15, 0.2) is 24.3 Å². The first-order chi connectivity index (χ1) is 8.66. The molecule has 2 aliphatic carbocycles. The highest BCUT2D eigenvalue weighted by molar-refractivity contribution is 5.27. The Morgan fingerprint density at radius 1 is 1.17 bits per heavy atom. The molecule has 2 unspecified atom stereocenters. The van der Waals surface area contributed by atoms with Gasteiger partial charge in [0.1, 0.15) is 0 Å². The summed E-state index contributed by atoms with van der Waals surface area (Å²) < 4.78 is 0. The molecule has 1 nitrogen and oxygen atoms in total. The lowest BCUT2D eigenvalue weighted by Gasteiger charge is -2.38. The van der Waals surface area contributed by atoms with Crippen molar-refractivity contribution < 1.29 is 0 Å². The fourth-order valence-electron chi connectivity index (χ4n) is 3.76. The first-order valence-corrected chi connectivity index (χ1v) is 7.50. The lowest BCUT2D eigenvalue weighted by atomic mass is 9.71. The summed E-state index contributed by atoms with van der Waals surface area (Å²) in [5, 5.41) is 0. The van der Waals surface area contributed by atoms with Gasteiger partial charge in [-0.2, -0.15) is 0 Å². The van der Waals surface area contributed by atoms with Gasteiger partial charge >= 0.3 is 0 Å². The molecule has 0 radical (unpaired) electrons. The van der Waals surface area contributed by atoms with Crippen LogP contribution in [-0.2, 0) is 6.42 Å². The molecule has 18 heavy (non-hydrogen) atoms. The molecule has 2 saturated carbocycles. The summed E-state index contributed by atoms with van der Waals surface area (Å²) in [6.45, 7) is 2.21. The number of nitrogens with two attached hydrogens (primary N) is 1. The van der Waals surface area contributed by atoms with E-state index in [-0.39, 0.29) is 5.54 Å². The van der Waals surface area contributed by atoms with E-state index in [0.717, 1.165) is 18.3 Å². The molecule has 1 aromatic rings. The van der Waals surface area contributed by atoms with Crippen molar-refractivity contribution in [1.29, 1.82) is 0 Å². The summed E-state index contributed by atoms with van der Waals surface area (Å²) in [6, 6.07) is 8.73. The SMILES string of the molecule is Cc1ccccc1CC1(N)CCCC(C2CC2)C1. The van der Waals surface area contributed by atoms with Gasteiger partial charge in [0.25, 0.3) is 0 Å².